The fourth-order valence-corrected chi connectivity index (χ4v) is 2.80. The van der Waals surface area contributed by atoms with Gasteiger partial charge in [-0.1, -0.05) is 24.3 Å². The quantitative estimate of drug-likeness (QED) is 0.910. The van der Waals surface area contributed by atoms with E-state index < -0.39 is 0 Å². The first-order valence-electron chi connectivity index (χ1n) is 7.64. The largest absolute Gasteiger partial charge is 0.508 e. The molecular weight excluding hydrogens is 294 g/mol. The molecule has 1 atom stereocenters. The first-order valence-corrected chi connectivity index (χ1v) is 7.64. The van der Waals surface area contributed by atoms with Gasteiger partial charge in [0.2, 0.25) is 5.91 Å². The van der Waals surface area contributed by atoms with Crippen molar-refractivity contribution in [3.63, 3.8) is 0 Å². The normalized spacial score (nSPS) is 15.6. The van der Waals surface area contributed by atoms with E-state index in [9.17, 15) is 15.0 Å². The molecule has 1 fully saturated rings. The highest BCUT2D eigenvalue weighted by Gasteiger charge is 2.25. The molecule has 0 unspecified atom stereocenters. The van der Waals surface area contributed by atoms with Crippen LogP contribution in [0.1, 0.15) is 29.9 Å². The second kappa shape index (κ2) is 6.71. The summed E-state index contributed by atoms with van der Waals surface area (Å²) in [4.78, 5) is 17.8. The van der Waals surface area contributed by atoms with E-state index in [-0.39, 0.29) is 29.7 Å². The van der Waals surface area contributed by atoms with Gasteiger partial charge in [0.15, 0.2) is 0 Å². The van der Waals surface area contributed by atoms with Crippen LogP contribution in [0.5, 0.6) is 11.5 Å². The molecule has 23 heavy (non-hydrogen) atoms. The van der Waals surface area contributed by atoms with Crippen molar-refractivity contribution in [1.82, 2.24) is 5.06 Å². The Morgan fingerprint density at radius 1 is 1.09 bits per heavy atom. The topological polar surface area (TPSA) is 70.0 Å². The summed E-state index contributed by atoms with van der Waals surface area (Å²) in [5.41, 5.74) is 1.75. The van der Waals surface area contributed by atoms with E-state index in [4.69, 9.17) is 4.84 Å². The van der Waals surface area contributed by atoms with Crippen LogP contribution in [0, 0.1) is 0 Å². The standard InChI is InChI=1S/C18H19NO4/c20-15-7-5-13(6-8-15)17(14-3-1-4-16(21)11-14)12-18(22)19-9-2-10-23-19/h1,3-8,11,17,20-21H,2,9-10,12H2/t17-/m0/s1. The molecular formula is C18H19NO4. The molecule has 1 amide bonds. The average Bonchev–Trinajstić information content (AvgIpc) is 3.08. The van der Waals surface area contributed by atoms with Crippen LogP contribution in [-0.4, -0.2) is 34.3 Å². The summed E-state index contributed by atoms with van der Waals surface area (Å²) < 4.78 is 0. The number of rotatable bonds is 4. The zero-order chi connectivity index (χ0) is 16.2. The van der Waals surface area contributed by atoms with Gasteiger partial charge in [-0.3, -0.25) is 9.63 Å². The molecule has 0 saturated carbocycles. The number of hydrogen-bond donors (Lipinski definition) is 2. The zero-order valence-electron chi connectivity index (χ0n) is 12.7. The highest BCUT2D eigenvalue weighted by Crippen LogP contribution is 2.31. The molecule has 5 heteroatoms. The number of hydrogen-bond acceptors (Lipinski definition) is 4. The van der Waals surface area contributed by atoms with Crippen LogP contribution in [-0.2, 0) is 9.63 Å². The van der Waals surface area contributed by atoms with E-state index in [1.807, 2.05) is 6.07 Å². The number of nitrogens with zero attached hydrogens (tertiary/aromatic N) is 1. The van der Waals surface area contributed by atoms with Crippen LogP contribution in [0.25, 0.3) is 0 Å². The molecule has 3 rings (SSSR count). The minimum atomic E-state index is -0.209. The SMILES string of the molecule is O=C(C[C@@H](c1ccc(O)cc1)c1cccc(O)c1)N1CCCO1. The second-order valence-corrected chi connectivity index (χ2v) is 5.63. The fraction of sp³-hybridized carbons (Fsp3) is 0.278. The Hall–Kier alpha value is -2.53. The van der Waals surface area contributed by atoms with Crippen molar-refractivity contribution < 1.29 is 19.8 Å². The van der Waals surface area contributed by atoms with E-state index >= 15 is 0 Å². The van der Waals surface area contributed by atoms with Crippen molar-refractivity contribution in [2.75, 3.05) is 13.2 Å². The third kappa shape index (κ3) is 3.63. The van der Waals surface area contributed by atoms with Crippen LogP contribution >= 0.6 is 0 Å². The Kier molecular flexibility index (Phi) is 4.48. The Morgan fingerprint density at radius 2 is 1.87 bits per heavy atom. The van der Waals surface area contributed by atoms with Gasteiger partial charge < -0.3 is 10.2 Å². The van der Waals surface area contributed by atoms with Gasteiger partial charge in [-0.25, -0.2) is 5.06 Å². The molecule has 1 aliphatic heterocycles. The van der Waals surface area contributed by atoms with E-state index in [2.05, 4.69) is 0 Å². The molecule has 0 aliphatic carbocycles. The van der Waals surface area contributed by atoms with Crippen LogP contribution in [0.2, 0.25) is 0 Å². The predicted molar refractivity (Wildman–Crippen MR) is 85.0 cm³/mol. The summed E-state index contributed by atoms with van der Waals surface area (Å²) in [6.45, 7) is 1.18. The maximum Gasteiger partial charge on any atom is 0.247 e. The summed E-state index contributed by atoms with van der Waals surface area (Å²) in [5, 5.41) is 20.6. The molecule has 2 aromatic rings. The molecule has 1 aliphatic rings. The lowest BCUT2D eigenvalue weighted by atomic mass is 9.88. The molecule has 2 N–H and O–H groups in total. The summed E-state index contributed by atoms with van der Waals surface area (Å²) in [7, 11) is 0. The van der Waals surface area contributed by atoms with Gasteiger partial charge in [-0.15, -0.1) is 0 Å². The fourth-order valence-electron chi connectivity index (χ4n) is 2.80. The number of benzene rings is 2. The van der Waals surface area contributed by atoms with E-state index in [1.54, 1.807) is 42.5 Å². The smallest absolute Gasteiger partial charge is 0.247 e. The first kappa shape index (κ1) is 15.4. The van der Waals surface area contributed by atoms with Gasteiger partial charge in [0.05, 0.1) is 13.2 Å². The van der Waals surface area contributed by atoms with Crippen molar-refractivity contribution in [1.29, 1.82) is 0 Å². The monoisotopic (exact) mass is 313 g/mol. The number of phenolic OH excluding ortho intramolecular Hbond substituents is 2. The van der Waals surface area contributed by atoms with Gasteiger partial charge in [0.25, 0.3) is 0 Å². The number of phenols is 2. The zero-order valence-corrected chi connectivity index (χ0v) is 12.7. The molecule has 5 nitrogen and oxygen atoms in total. The predicted octanol–water partition coefficient (Wildman–Crippen LogP) is 2.78. The summed E-state index contributed by atoms with van der Waals surface area (Å²) in [6, 6.07) is 13.7. The summed E-state index contributed by atoms with van der Waals surface area (Å²) >= 11 is 0. The van der Waals surface area contributed by atoms with Crippen molar-refractivity contribution >= 4 is 5.91 Å². The van der Waals surface area contributed by atoms with Crippen molar-refractivity contribution in [2.24, 2.45) is 0 Å². The lowest BCUT2D eigenvalue weighted by molar-refractivity contribution is -0.168. The number of hydroxylamine groups is 2. The van der Waals surface area contributed by atoms with Gasteiger partial charge in [0, 0.05) is 12.3 Å². The third-order valence-corrected chi connectivity index (χ3v) is 3.98. The molecule has 0 aromatic heterocycles. The van der Waals surface area contributed by atoms with Gasteiger partial charge in [-0.05, 0) is 41.8 Å². The van der Waals surface area contributed by atoms with Crippen molar-refractivity contribution in [3.05, 3.63) is 59.7 Å². The highest BCUT2D eigenvalue weighted by molar-refractivity contribution is 5.77. The third-order valence-electron chi connectivity index (χ3n) is 3.98. The second-order valence-electron chi connectivity index (χ2n) is 5.63. The van der Waals surface area contributed by atoms with Crippen molar-refractivity contribution in [2.45, 2.75) is 18.8 Å². The Morgan fingerprint density at radius 3 is 2.52 bits per heavy atom. The highest BCUT2D eigenvalue weighted by atomic mass is 16.7. The molecule has 0 spiro atoms. The minimum absolute atomic E-state index is 0.0797. The Labute approximate surface area is 134 Å². The van der Waals surface area contributed by atoms with Crippen LogP contribution in [0.3, 0.4) is 0 Å². The number of amides is 1. The lowest BCUT2D eigenvalue weighted by Crippen LogP contribution is -2.28. The maximum absolute atomic E-state index is 12.4. The molecule has 1 heterocycles. The van der Waals surface area contributed by atoms with Gasteiger partial charge >= 0.3 is 0 Å². The van der Waals surface area contributed by atoms with E-state index in [0.29, 0.717) is 13.2 Å². The number of carbonyl (C=O) groups is 1. The summed E-state index contributed by atoms with van der Waals surface area (Å²) in [6.07, 6.45) is 1.09. The first-order chi connectivity index (χ1) is 11.1. The Bertz CT molecular complexity index is 678. The van der Waals surface area contributed by atoms with E-state index in [1.165, 1.54) is 5.06 Å². The van der Waals surface area contributed by atoms with Crippen LogP contribution in [0.4, 0.5) is 0 Å². The maximum atomic E-state index is 12.4. The lowest BCUT2D eigenvalue weighted by Gasteiger charge is -2.21. The Balaban J connectivity index is 1.89. The molecule has 0 radical (unpaired) electrons. The molecule has 0 bridgehead atoms. The molecule has 1 saturated heterocycles. The van der Waals surface area contributed by atoms with Crippen LogP contribution < -0.4 is 0 Å². The number of aromatic hydroxyl groups is 2. The number of carbonyl (C=O) groups excluding carboxylic acids is 1. The average molecular weight is 313 g/mol. The van der Waals surface area contributed by atoms with Crippen molar-refractivity contribution in [3.8, 4) is 11.5 Å². The minimum Gasteiger partial charge on any atom is -0.508 e. The summed E-state index contributed by atoms with van der Waals surface area (Å²) in [5.74, 6) is 0.0529. The molecule has 120 valence electrons. The molecule has 2 aromatic carbocycles. The van der Waals surface area contributed by atoms with Gasteiger partial charge in [-0.2, -0.15) is 0 Å². The van der Waals surface area contributed by atoms with Crippen LogP contribution in [0.15, 0.2) is 48.5 Å². The van der Waals surface area contributed by atoms with E-state index in [0.717, 1.165) is 17.5 Å². The van der Waals surface area contributed by atoms with Gasteiger partial charge in [0.1, 0.15) is 11.5 Å².